The summed E-state index contributed by atoms with van der Waals surface area (Å²) in [6.45, 7) is 3.31. The largest absolute Gasteiger partial charge is 0.494 e. The number of rotatable bonds is 7. The number of nitrogens with one attached hydrogen (secondary N) is 2. The molecule has 0 aliphatic heterocycles. The van der Waals surface area contributed by atoms with E-state index in [1.165, 1.54) is 0 Å². The molecule has 6 heteroatoms. The van der Waals surface area contributed by atoms with Crippen LogP contribution in [0, 0.1) is 11.6 Å². The number of ether oxygens (including phenoxy) is 1. The van der Waals surface area contributed by atoms with Gasteiger partial charge in [0.15, 0.2) is 6.54 Å². The van der Waals surface area contributed by atoms with Crippen molar-refractivity contribution in [3.05, 3.63) is 59.7 Å². The molecule has 2 rings (SSSR count). The second-order valence-corrected chi connectivity index (χ2v) is 5.56. The Kier molecular flexibility index (Phi) is 6.26. The predicted octanol–water partition coefficient (Wildman–Crippen LogP) is 2.02. The average Bonchev–Trinajstić information content (AvgIpc) is 2.53. The third kappa shape index (κ3) is 5.31. The molecule has 0 spiro atoms. The molecule has 128 valence electrons. The van der Waals surface area contributed by atoms with Crippen LogP contribution >= 0.6 is 0 Å². The fourth-order valence-electron chi connectivity index (χ4n) is 2.34. The van der Waals surface area contributed by atoms with Crippen LogP contribution < -0.4 is 15.0 Å². The minimum absolute atomic E-state index is 0.142. The van der Waals surface area contributed by atoms with Crippen molar-refractivity contribution in [2.24, 2.45) is 0 Å². The van der Waals surface area contributed by atoms with Gasteiger partial charge in [-0.25, -0.2) is 8.78 Å². The molecule has 2 aromatic rings. The number of carbonyl (C=O) groups excluding carboxylic acids is 1. The van der Waals surface area contributed by atoms with Crippen molar-refractivity contribution in [1.82, 2.24) is 0 Å². The van der Waals surface area contributed by atoms with Crippen molar-refractivity contribution >= 4 is 11.6 Å². The van der Waals surface area contributed by atoms with Crippen LogP contribution in [0.1, 0.15) is 12.5 Å². The summed E-state index contributed by atoms with van der Waals surface area (Å²) in [4.78, 5) is 12.9. The number of amides is 1. The molecule has 0 fully saturated rings. The standard InChI is InChI=1S/C18H20F2N2O2/c1-3-24-15-7-4-13(5-8-15)11-22(2)12-18(23)21-17-10-14(19)6-9-16(17)20/h4-10H,3,11-12H2,1-2H3,(H,21,23)/p+1. The molecule has 0 bridgehead atoms. The summed E-state index contributed by atoms with van der Waals surface area (Å²) in [5, 5.41) is 2.40. The van der Waals surface area contributed by atoms with Gasteiger partial charge in [0.05, 0.1) is 19.3 Å². The van der Waals surface area contributed by atoms with Gasteiger partial charge in [-0.05, 0) is 43.3 Å². The third-order valence-corrected chi connectivity index (χ3v) is 3.41. The highest BCUT2D eigenvalue weighted by molar-refractivity contribution is 5.91. The maximum Gasteiger partial charge on any atom is 0.279 e. The van der Waals surface area contributed by atoms with E-state index in [4.69, 9.17) is 4.74 Å². The molecule has 1 amide bonds. The fraction of sp³-hybridized carbons (Fsp3) is 0.278. The number of anilines is 1. The van der Waals surface area contributed by atoms with E-state index in [2.05, 4.69) is 5.32 Å². The smallest absolute Gasteiger partial charge is 0.279 e. The van der Waals surface area contributed by atoms with Gasteiger partial charge in [-0.3, -0.25) is 4.79 Å². The number of hydrogen-bond donors (Lipinski definition) is 2. The molecule has 4 nitrogen and oxygen atoms in total. The molecule has 0 saturated heterocycles. The van der Waals surface area contributed by atoms with Crippen LogP contribution in [0.2, 0.25) is 0 Å². The highest BCUT2D eigenvalue weighted by Crippen LogP contribution is 2.15. The van der Waals surface area contributed by atoms with E-state index in [1.54, 1.807) is 0 Å². The minimum atomic E-state index is -0.658. The molecule has 1 unspecified atom stereocenters. The summed E-state index contributed by atoms with van der Waals surface area (Å²) < 4.78 is 32.0. The van der Waals surface area contributed by atoms with E-state index >= 15 is 0 Å². The van der Waals surface area contributed by atoms with E-state index in [9.17, 15) is 13.6 Å². The van der Waals surface area contributed by atoms with Crippen LogP contribution in [0.15, 0.2) is 42.5 Å². The molecule has 1 atom stereocenters. The molecular weight excluding hydrogens is 314 g/mol. The Bertz CT molecular complexity index is 690. The van der Waals surface area contributed by atoms with Gasteiger partial charge in [0.25, 0.3) is 5.91 Å². The van der Waals surface area contributed by atoms with Crippen LogP contribution in [-0.4, -0.2) is 26.1 Å². The fourth-order valence-corrected chi connectivity index (χ4v) is 2.34. The lowest BCUT2D eigenvalue weighted by Crippen LogP contribution is -3.08. The van der Waals surface area contributed by atoms with Gasteiger partial charge in [-0.2, -0.15) is 0 Å². The van der Waals surface area contributed by atoms with E-state index in [-0.39, 0.29) is 18.1 Å². The number of carbonyl (C=O) groups is 1. The van der Waals surface area contributed by atoms with Crippen molar-refractivity contribution < 1.29 is 23.2 Å². The zero-order valence-electron chi connectivity index (χ0n) is 13.7. The van der Waals surface area contributed by atoms with E-state index in [0.717, 1.165) is 34.4 Å². The normalized spacial score (nSPS) is 11.8. The van der Waals surface area contributed by atoms with Crippen LogP contribution in [0.3, 0.4) is 0 Å². The van der Waals surface area contributed by atoms with Crippen LogP contribution in [0.25, 0.3) is 0 Å². The zero-order valence-corrected chi connectivity index (χ0v) is 13.7. The minimum Gasteiger partial charge on any atom is -0.494 e. The lowest BCUT2D eigenvalue weighted by atomic mass is 10.2. The monoisotopic (exact) mass is 335 g/mol. The third-order valence-electron chi connectivity index (χ3n) is 3.41. The molecular formula is C18H21F2N2O2+. The van der Waals surface area contributed by atoms with Crippen molar-refractivity contribution in [2.75, 3.05) is 25.5 Å². The van der Waals surface area contributed by atoms with Gasteiger partial charge in [0, 0.05) is 11.6 Å². The number of halogens is 2. The van der Waals surface area contributed by atoms with Crippen LogP contribution in [-0.2, 0) is 11.3 Å². The summed E-state index contributed by atoms with van der Waals surface area (Å²) in [6.07, 6.45) is 0. The second kappa shape index (κ2) is 8.40. The first-order valence-electron chi connectivity index (χ1n) is 7.76. The Morgan fingerprint density at radius 2 is 1.88 bits per heavy atom. The van der Waals surface area contributed by atoms with Crippen molar-refractivity contribution in [3.8, 4) is 5.75 Å². The Labute approximate surface area is 140 Å². The molecule has 0 aliphatic rings. The Morgan fingerprint density at radius 1 is 1.17 bits per heavy atom. The van der Waals surface area contributed by atoms with Gasteiger partial charge in [0.1, 0.15) is 23.9 Å². The van der Waals surface area contributed by atoms with Gasteiger partial charge in [-0.15, -0.1) is 0 Å². The van der Waals surface area contributed by atoms with Crippen molar-refractivity contribution in [3.63, 3.8) is 0 Å². The van der Waals surface area contributed by atoms with E-state index < -0.39 is 11.6 Å². The predicted molar refractivity (Wildman–Crippen MR) is 88.1 cm³/mol. The first-order valence-corrected chi connectivity index (χ1v) is 7.76. The zero-order chi connectivity index (χ0) is 17.5. The summed E-state index contributed by atoms with van der Waals surface area (Å²) in [6, 6.07) is 10.6. The molecule has 0 saturated carbocycles. The Morgan fingerprint density at radius 3 is 2.54 bits per heavy atom. The van der Waals surface area contributed by atoms with Crippen molar-refractivity contribution in [2.45, 2.75) is 13.5 Å². The van der Waals surface area contributed by atoms with Crippen LogP contribution in [0.4, 0.5) is 14.5 Å². The molecule has 0 radical (unpaired) electrons. The van der Waals surface area contributed by atoms with Gasteiger partial charge in [-0.1, -0.05) is 0 Å². The first-order chi connectivity index (χ1) is 11.5. The Hall–Kier alpha value is -2.47. The maximum absolute atomic E-state index is 13.5. The molecule has 0 heterocycles. The number of hydrogen-bond acceptors (Lipinski definition) is 2. The molecule has 2 aromatic carbocycles. The SMILES string of the molecule is CCOc1ccc(C[NH+](C)CC(=O)Nc2cc(F)ccc2F)cc1. The van der Waals surface area contributed by atoms with E-state index in [1.807, 2.05) is 38.2 Å². The van der Waals surface area contributed by atoms with Gasteiger partial charge >= 0.3 is 0 Å². The molecule has 0 aliphatic carbocycles. The van der Waals surface area contributed by atoms with Gasteiger partial charge in [0.2, 0.25) is 0 Å². The first kappa shape index (κ1) is 17.9. The Balaban J connectivity index is 1.88. The topological polar surface area (TPSA) is 42.8 Å². The quantitative estimate of drug-likeness (QED) is 0.813. The number of likely N-dealkylation sites (N-methyl/N-ethyl adjacent to an activating group) is 1. The highest BCUT2D eigenvalue weighted by atomic mass is 19.1. The molecule has 2 N–H and O–H groups in total. The second-order valence-electron chi connectivity index (χ2n) is 5.56. The summed E-state index contributed by atoms with van der Waals surface area (Å²) in [7, 11) is 1.86. The lowest BCUT2D eigenvalue weighted by Gasteiger charge is -2.14. The maximum atomic E-state index is 13.5. The van der Waals surface area contributed by atoms with Crippen LogP contribution in [0.5, 0.6) is 5.75 Å². The van der Waals surface area contributed by atoms with Crippen molar-refractivity contribution in [1.29, 1.82) is 0 Å². The molecule has 0 aromatic heterocycles. The average molecular weight is 335 g/mol. The highest BCUT2D eigenvalue weighted by Gasteiger charge is 2.13. The lowest BCUT2D eigenvalue weighted by molar-refractivity contribution is -0.885. The van der Waals surface area contributed by atoms with Gasteiger partial charge < -0.3 is 15.0 Å². The van der Waals surface area contributed by atoms with E-state index in [0.29, 0.717) is 13.2 Å². The summed E-state index contributed by atoms with van der Waals surface area (Å²) >= 11 is 0. The number of quaternary nitrogens is 1. The summed E-state index contributed by atoms with van der Waals surface area (Å²) in [5.74, 6) is -0.822. The number of benzene rings is 2. The molecule has 24 heavy (non-hydrogen) atoms. The summed E-state index contributed by atoms with van der Waals surface area (Å²) in [5.41, 5.74) is 0.912.